The van der Waals surface area contributed by atoms with Crippen LogP contribution in [0.3, 0.4) is 0 Å². The molecule has 0 saturated heterocycles. The van der Waals surface area contributed by atoms with E-state index in [9.17, 15) is 0 Å². The van der Waals surface area contributed by atoms with E-state index >= 15 is 0 Å². The fraction of sp³-hybridized carbons (Fsp3) is 0.286. The first-order chi connectivity index (χ1) is 13.2. The SMILES string of the molecule is COc1cccc(-c2nn(-c3cc(Cl)ccc3OC)c3c2CCCCN3)c1. The minimum absolute atomic E-state index is 0.645. The quantitative estimate of drug-likeness (QED) is 0.691. The highest BCUT2D eigenvalue weighted by Gasteiger charge is 2.23. The third-order valence-electron chi connectivity index (χ3n) is 4.84. The van der Waals surface area contributed by atoms with Crippen LogP contribution in [0.2, 0.25) is 5.02 Å². The third-order valence-corrected chi connectivity index (χ3v) is 5.08. The molecule has 1 aliphatic heterocycles. The fourth-order valence-corrected chi connectivity index (χ4v) is 3.67. The number of fused-ring (bicyclic) bond motifs is 1. The smallest absolute Gasteiger partial charge is 0.144 e. The largest absolute Gasteiger partial charge is 0.497 e. The van der Waals surface area contributed by atoms with Crippen LogP contribution in [0.15, 0.2) is 42.5 Å². The topological polar surface area (TPSA) is 48.3 Å². The summed E-state index contributed by atoms with van der Waals surface area (Å²) in [4.78, 5) is 0. The van der Waals surface area contributed by atoms with Crippen molar-refractivity contribution < 1.29 is 9.47 Å². The Morgan fingerprint density at radius 2 is 1.96 bits per heavy atom. The Balaban J connectivity index is 1.93. The molecule has 0 amide bonds. The second-order valence-corrected chi connectivity index (χ2v) is 6.96. The summed E-state index contributed by atoms with van der Waals surface area (Å²) in [6.45, 7) is 0.916. The van der Waals surface area contributed by atoms with Crippen molar-refractivity contribution in [3.63, 3.8) is 0 Å². The standard InChI is InChI=1S/C21H22ClN3O2/c1-26-16-7-5-6-14(12-16)20-17-8-3-4-11-23-21(17)25(24-20)18-13-15(22)9-10-19(18)27-2/h5-7,9-10,12-13,23H,3-4,8,11H2,1-2H3. The minimum Gasteiger partial charge on any atom is -0.497 e. The molecular formula is C21H22ClN3O2. The monoisotopic (exact) mass is 383 g/mol. The summed E-state index contributed by atoms with van der Waals surface area (Å²) < 4.78 is 12.9. The van der Waals surface area contributed by atoms with Crippen molar-refractivity contribution >= 4 is 17.4 Å². The molecule has 1 aliphatic rings. The predicted octanol–water partition coefficient (Wildman–Crippen LogP) is 4.96. The molecule has 1 N–H and O–H groups in total. The average Bonchev–Trinajstić information content (AvgIpc) is 2.88. The van der Waals surface area contributed by atoms with Gasteiger partial charge in [-0.1, -0.05) is 23.7 Å². The van der Waals surface area contributed by atoms with Gasteiger partial charge >= 0.3 is 0 Å². The maximum Gasteiger partial charge on any atom is 0.144 e. The summed E-state index contributed by atoms with van der Waals surface area (Å²) in [6, 6.07) is 13.6. The van der Waals surface area contributed by atoms with Crippen LogP contribution in [-0.2, 0) is 6.42 Å². The molecule has 2 heterocycles. The molecule has 0 spiro atoms. The molecule has 0 radical (unpaired) electrons. The minimum atomic E-state index is 0.645. The van der Waals surface area contributed by atoms with Crippen molar-refractivity contribution in [2.45, 2.75) is 19.3 Å². The molecule has 27 heavy (non-hydrogen) atoms. The number of hydrogen-bond acceptors (Lipinski definition) is 4. The summed E-state index contributed by atoms with van der Waals surface area (Å²) in [7, 11) is 3.34. The van der Waals surface area contributed by atoms with Crippen molar-refractivity contribution in [1.82, 2.24) is 9.78 Å². The van der Waals surface area contributed by atoms with Crippen molar-refractivity contribution in [3.05, 3.63) is 53.1 Å². The molecule has 0 aliphatic carbocycles. The van der Waals surface area contributed by atoms with Gasteiger partial charge in [-0.05, 0) is 49.6 Å². The first kappa shape index (κ1) is 17.7. The van der Waals surface area contributed by atoms with Gasteiger partial charge in [-0.25, -0.2) is 4.68 Å². The summed E-state index contributed by atoms with van der Waals surface area (Å²) in [5.41, 5.74) is 4.03. The molecule has 1 aromatic heterocycles. The van der Waals surface area contributed by atoms with Gasteiger partial charge < -0.3 is 14.8 Å². The summed E-state index contributed by atoms with van der Waals surface area (Å²) in [5.74, 6) is 2.55. The van der Waals surface area contributed by atoms with Gasteiger partial charge in [0.05, 0.1) is 19.9 Å². The van der Waals surface area contributed by atoms with Crippen LogP contribution in [0.1, 0.15) is 18.4 Å². The summed E-state index contributed by atoms with van der Waals surface area (Å²) in [6.07, 6.45) is 3.21. The van der Waals surface area contributed by atoms with Crippen molar-refractivity contribution in [3.8, 4) is 28.4 Å². The van der Waals surface area contributed by atoms with E-state index in [1.54, 1.807) is 14.2 Å². The Morgan fingerprint density at radius 1 is 1.07 bits per heavy atom. The van der Waals surface area contributed by atoms with E-state index in [1.807, 2.05) is 41.1 Å². The number of halogens is 1. The number of nitrogens with one attached hydrogen (secondary N) is 1. The van der Waals surface area contributed by atoms with Gasteiger partial charge in [0.15, 0.2) is 0 Å². The zero-order chi connectivity index (χ0) is 18.8. The maximum absolute atomic E-state index is 6.27. The van der Waals surface area contributed by atoms with Crippen LogP contribution in [0, 0.1) is 0 Å². The van der Waals surface area contributed by atoms with Gasteiger partial charge in [0.25, 0.3) is 0 Å². The van der Waals surface area contributed by atoms with Crippen LogP contribution < -0.4 is 14.8 Å². The zero-order valence-corrected chi connectivity index (χ0v) is 16.2. The lowest BCUT2D eigenvalue weighted by Crippen LogP contribution is -2.08. The second kappa shape index (κ2) is 7.53. The van der Waals surface area contributed by atoms with E-state index in [4.69, 9.17) is 26.2 Å². The van der Waals surface area contributed by atoms with Crippen molar-refractivity contribution in [1.29, 1.82) is 0 Å². The van der Waals surface area contributed by atoms with Gasteiger partial charge in [-0.15, -0.1) is 0 Å². The lowest BCUT2D eigenvalue weighted by atomic mass is 10.0. The van der Waals surface area contributed by atoms with Crippen LogP contribution in [0.25, 0.3) is 16.9 Å². The molecule has 0 fully saturated rings. The third kappa shape index (κ3) is 3.35. The van der Waals surface area contributed by atoms with Crippen molar-refractivity contribution in [2.24, 2.45) is 0 Å². The molecule has 140 valence electrons. The van der Waals surface area contributed by atoms with Gasteiger partial charge in [0.1, 0.15) is 23.0 Å². The lowest BCUT2D eigenvalue weighted by Gasteiger charge is -2.13. The Labute approximate surface area is 163 Å². The van der Waals surface area contributed by atoms with E-state index < -0.39 is 0 Å². The van der Waals surface area contributed by atoms with Crippen molar-refractivity contribution in [2.75, 3.05) is 26.1 Å². The number of rotatable bonds is 4. The van der Waals surface area contributed by atoms with Crippen LogP contribution in [0.4, 0.5) is 5.82 Å². The molecule has 0 unspecified atom stereocenters. The van der Waals surface area contributed by atoms with Crippen LogP contribution >= 0.6 is 11.6 Å². The number of ether oxygens (including phenoxy) is 2. The highest BCUT2D eigenvalue weighted by molar-refractivity contribution is 6.30. The Kier molecular flexibility index (Phi) is 4.94. The zero-order valence-electron chi connectivity index (χ0n) is 15.5. The summed E-state index contributed by atoms with van der Waals surface area (Å²) >= 11 is 6.27. The highest BCUT2D eigenvalue weighted by atomic mass is 35.5. The number of methoxy groups -OCH3 is 2. The van der Waals surface area contributed by atoms with E-state index in [2.05, 4.69) is 11.4 Å². The number of hydrogen-bond donors (Lipinski definition) is 1. The number of aromatic nitrogens is 2. The van der Waals surface area contributed by atoms with E-state index in [1.165, 1.54) is 5.56 Å². The van der Waals surface area contributed by atoms with E-state index in [0.717, 1.165) is 60.1 Å². The van der Waals surface area contributed by atoms with Crippen LogP contribution in [0.5, 0.6) is 11.5 Å². The van der Waals surface area contributed by atoms with Crippen LogP contribution in [-0.4, -0.2) is 30.5 Å². The molecular weight excluding hydrogens is 362 g/mol. The molecule has 2 aromatic carbocycles. The highest BCUT2D eigenvalue weighted by Crippen LogP contribution is 2.37. The molecule has 0 bridgehead atoms. The van der Waals surface area contributed by atoms with Gasteiger partial charge in [-0.2, -0.15) is 5.10 Å². The molecule has 6 heteroatoms. The fourth-order valence-electron chi connectivity index (χ4n) is 3.51. The number of benzene rings is 2. The lowest BCUT2D eigenvalue weighted by molar-refractivity contribution is 0.412. The molecule has 0 saturated carbocycles. The predicted molar refractivity (Wildman–Crippen MR) is 109 cm³/mol. The first-order valence-electron chi connectivity index (χ1n) is 9.05. The van der Waals surface area contributed by atoms with Gasteiger partial charge in [-0.3, -0.25) is 0 Å². The summed E-state index contributed by atoms with van der Waals surface area (Å²) in [5, 5.41) is 9.16. The Morgan fingerprint density at radius 3 is 2.78 bits per heavy atom. The Bertz CT molecular complexity index is 968. The van der Waals surface area contributed by atoms with Gasteiger partial charge in [0.2, 0.25) is 0 Å². The Hall–Kier alpha value is -2.66. The molecule has 5 nitrogen and oxygen atoms in total. The molecule has 0 atom stereocenters. The normalized spacial score (nSPS) is 13.4. The van der Waals surface area contributed by atoms with Gasteiger partial charge in [0, 0.05) is 22.7 Å². The second-order valence-electron chi connectivity index (χ2n) is 6.52. The molecule has 3 aromatic rings. The molecule has 4 rings (SSSR count). The maximum atomic E-state index is 6.27. The van der Waals surface area contributed by atoms with E-state index in [-0.39, 0.29) is 0 Å². The number of nitrogens with zero attached hydrogens (tertiary/aromatic N) is 2. The first-order valence-corrected chi connectivity index (χ1v) is 9.43. The van der Waals surface area contributed by atoms with E-state index in [0.29, 0.717) is 5.02 Å². The number of anilines is 1. The average molecular weight is 384 g/mol.